The van der Waals surface area contributed by atoms with E-state index >= 15 is 0 Å². The van der Waals surface area contributed by atoms with Crippen LogP contribution in [-0.4, -0.2) is 48.8 Å². The van der Waals surface area contributed by atoms with Crippen molar-refractivity contribution < 1.29 is 5.11 Å². The Morgan fingerprint density at radius 3 is 2.62 bits per heavy atom. The van der Waals surface area contributed by atoms with E-state index in [1.165, 1.54) is 25.7 Å². The minimum Gasteiger partial charge on any atom is -0.388 e. The van der Waals surface area contributed by atoms with Gasteiger partial charge in [-0.3, -0.25) is 0 Å². The van der Waals surface area contributed by atoms with Crippen LogP contribution in [0.25, 0.3) is 0 Å². The van der Waals surface area contributed by atoms with Gasteiger partial charge >= 0.3 is 0 Å². The zero-order chi connectivity index (χ0) is 12.2. The predicted molar refractivity (Wildman–Crippen MR) is 68.6 cm³/mol. The van der Waals surface area contributed by atoms with Crippen molar-refractivity contribution >= 4 is 0 Å². The van der Waals surface area contributed by atoms with Gasteiger partial charge in [0.15, 0.2) is 0 Å². The maximum atomic E-state index is 10.2. The number of aliphatic hydroxyl groups is 1. The van der Waals surface area contributed by atoms with E-state index < -0.39 is 5.60 Å². The molecule has 2 N–H and O–H groups in total. The molecule has 16 heavy (non-hydrogen) atoms. The van der Waals surface area contributed by atoms with Crippen LogP contribution in [0.1, 0.15) is 39.5 Å². The molecule has 3 nitrogen and oxygen atoms in total. The van der Waals surface area contributed by atoms with Crippen LogP contribution in [0.4, 0.5) is 0 Å². The summed E-state index contributed by atoms with van der Waals surface area (Å²) < 4.78 is 0. The number of hydrogen-bond donors (Lipinski definition) is 2. The molecule has 0 bridgehead atoms. The molecule has 1 fully saturated rings. The van der Waals surface area contributed by atoms with Crippen LogP contribution in [0.5, 0.6) is 0 Å². The lowest BCUT2D eigenvalue weighted by Crippen LogP contribution is -2.48. The van der Waals surface area contributed by atoms with E-state index in [2.05, 4.69) is 12.2 Å². The van der Waals surface area contributed by atoms with Gasteiger partial charge in [0.25, 0.3) is 0 Å². The third-order valence-corrected chi connectivity index (χ3v) is 3.36. The quantitative estimate of drug-likeness (QED) is 0.748. The lowest BCUT2D eigenvalue weighted by Gasteiger charge is -2.32. The molecule has 0 aliphatic heterocycles. The molecule has 3 atom stereocenters. The molecule has 1 rings (SSSR count). The number of rotatable bonds is 5. The molecule has 0 saturated heterocycles. The van der Waals surface area contributed by atoms with Crippen LogP contribution in [0.2, 0.25) is 0 Å². The molecule has 0 aromatic heterocycles. The van der Waals surface area contributed by atoms with Crippen molar-refractivity contribution in [3.05, 3.63) is 0 Å². The summed E-state index contributed by atoms with van der Waals surface area (Å²) in [6, 6.07) is 0.609. The Hall–Kier alpha value is -0.120. The molecule has 1 saturated carbocycles. The monoisotopic (exact) mass is 228 g/mol. The topological polar surface area (TPSA) is 35.5 Å². The van der Waals surface area contributed by atoms with Gasteiger partial charge in [-0.1, -0.05) is 19.8 Å². The van der Waals surface area contributed by atoms with Crippen LogP contribution < -0.4 is 5.32 Å². The summed E-state index contributed by atoms with van der Waals surface area (Å²) in [7, 11) is 3.99. The van der Waals surface area contributed by atoms with Crippen LogP contribution in [-0.2, 0) is 0 Å². The molecule has 1 aliphatic carbocycles. The molecule has 0 spiro atoms. The summed E-state index contributed by atoms with van der Waals surface area (Å²) in [4.78, 5) is 2.03. The van der Waals surface area contributed by atoms with E-state index in [9.17, 15) is 5.11 Å². The van der Waals surface area contributed by atoms with Gasteiger partial charge in [0.2, 0.25) is 0 Å². The summed E-state index contributed by atoms with van der Waals surface area (Å²) in [6.45, 7) is 5.64. The lowest BCUT2D eigenvalue weighted by atomic mass is 9.87. The Bertz CT molecular complexity index is 204. The number of hydrogen-bond acceptors (Lipinski definition) is 3. The van der Waals surface area contributed by atoms with Gasteiger partial charge in [0.05, 0.1) is 5.60 Å². The minimum absolute atomic E-state index is 0.609. The Labute approximate surface area is 100 Å². The second-order valence-corrected chi connectivity index (χ2v) is 6.08. The standard InChI is InChI=1S/C13H28N2O/c1-11-6-5-7-12(8-11)14-9-13(2,16)10-15(3)4/h11-12,14,16H,5-10H2,1-4H3. The molecule has 0 aromatic rings. The maximum Gasteiger partial charge on any atom is 0.0869 e. The number of nitrogens with zero attached hydrogens (tertiary/aromatic N) is 1. The van der Waals surface area contributed by atoms with Crippen LogP contribution in [0.15, 0.2) is 0 Å². The van der Waals surface area contributed by atoms with Crippen LogP contribution in [0, 0.1) is 5.92 Å². The summed E-state index contributed by atoms with van der Waals surface area (Å²) in [5.41, 5.74) is -0.621. The highest BCUT2D eigenvalue weighted by Gasteiger charge is 2.24. The van der Waals surface area contributed by atoms with E-state index in [0.717, 1.165) is 5.92 Å². The second-order valence-electron chi connectivity index (χ2n) is 6.08. The molecule has 3 heteroatoms. The number of likely N-dealkylation sites (N-methyl/N-ethyl adjacent to an activating group) is 1. The highest BCUT2D eigenvalue weighted by atomic mass is 16.3. The van der Waals surface area contributed by atoms with E-state index in [4.69, 9.17) is 0 Å². The first kappa shape index (κ1) is 13.9. The fourth-order valence-electron chi connectivity index (χ4n) is 2.72. The summed E-state index contributed by atoms with van der Waals surface area (Å²) in [6.07, 6.45) is 5.22. The molecule has 0 amide bonds. The van der Waals surface area contributed by atoms with Crippen molar-refractivity contribution in [3.8, 4) is 0 Å². The normalized spacial score (nSPS) is 30.4. The van der Waals surface area contributed by atoms with Crippen LogP contribution in [0.3, 0.4) is 0 Å². The molecule has 3 unspecified atom stereocenters. The van der Waals surface area contributed by atoms with Crippen molar-refractivity contribution in [3.63, 3.8) is 0 Å². The summed E-state index contributed by atoms with van der Waals surface area (Å²) in [5.74, 6) is 0.838. The largest absolute Gasteiger partial charge is 0.388 e. The summed E-state index contributed by atoms with van der Waals surface area (Å²) in [5, 5.41) is 13.7. The molecule has 0 radical (unpaired) electrons. The van der Waals surface area contributed by atoms with E-state index in [0.29, 0.717) is 19.1 Å². The Morgan fingerprint density at radius 2 is 2.06 bits per heavy atom. The Balaban J connectivity index is 2.27. The third kappa shape index (κ3) is 5.28. The van der Waals surface area contributed by atoms with Crippen molar-refractivity contribution in [2.45, 2.75) is 51.2 Å². The van der Waals surface area contributed by atoms with Crippen molar-refractivity contribution in [1.29, 1.82) is 0 Å². The fraction of sp³-hybridized carbons (Fsp3) is 1.00. The van der Waals surface area contributed by atoms with Gasteiger partial charge in [-0.15, -0.1) is 0 Å². The van der Waals surface area contributed by atoms with Crippen molar-refractivity contribution in [2.75, 3.05) is 27.2 Å². The average Bonchev–Trinajstić information content (AvgIpc) is 2.13. The van der Waals surface area contributed by atoms with E-state index in [1.54, 1.807) is 0 Å². The van der Waals surface area contributed by atoms with Gasteiger partial charge in [-0.25, -0.2) is 0 Å². The highest BCUT2D eigenvalue weighted by molar-refractivity contribution is 4.83. The molecule has 1 aliphatic rings. The fourth-order valence-corrected chi connectivity index (χ4v) is 2.72. The van der Waals surface area contributed by atoms with E-state index in [1.807, 2.05) is 25.9 Å². The van der Waals surface area contributed by atoms with Crippen molar-refractivity contribution in [2.24, 2.45) is 5.92 Å². The Morgan fingerprint density at radius 1 is 1.38 bits per heavy atom. The molecule has 96 valence electrons. The molecule has 0 heterocycles. The number of nitrogens with one attached hydrogen (secondary N) is 1. The SMILES string of the molecule is CC1CCCC(NCC(C)(O)CN(C)C)C1. The third-order valence-electron chi connectivity index (χ3n) is 3.36. The van der Waals surface area contributed by atoms with E-state index in [-0.39, 0.29) is 0 Å². The van der Waals surface area contributed by atoms with Gasteiger partial charge in [0, 0.05) is 19.1 Å². The smallest absolute Gasteiger partial charge is 0.0869 e. The molecule has 0 aromatic carbocycles. The van der Waals surface area contributed by atoms with Gasteiger partial charge in [-0.05, 0) is 39.8 Å². The molecular weight excluding hydrogens is 200 g/mol. The first-order chi connectivity index (χ1) is 7.39. The highest BCUT2D eigenvalue weighted by Crippen LogP contribution is 2.23. The zero-order valence-corrected chi connectivity index (χ0v) is 11.3. The average molecular weight is 228 g/mol. The second kappa shape index (κ2) is 5.99. The summed E-state index contributed by atoms with van der Waals surface area (Å²) >= 11 is 0. The maximum absolute atomic E-state index is 10.2. The molecular formula is C13H28N2O. The predicted octanol–water partition coefficient (Wildman–Crippen LogP) is 1.47. The zero-order valence-electron chi connectivity index (χ0n) is 11.3. The Kier molecular flexibility index (Phi) is 5.22. The first-order valence-corrected chi connectivity index (χ1v) is 6.49. The van der Waals surface area contributed by atoms with Gasteiger partial charge < -0.3 is 15.3 Å². The van der Waals surface area contributed by atoms with Gasteiger partial charge in [0.1, 0.15) is 0 Å². The van der Waals surface area contributed by atoms with Crippen LogP contribution >= 0.6 is 0 Å². The van der Waals surface area contributed by atoms with Gasteiger partial charge in [-0.2, -0.15) is 0 Å². The lowest BCUT2D eigenvalue weighted by molar-refractivity contribution is 0.0294. The minimum atomic E-state index is -0.621. The first-order valence-electron chi connectivity index (χ1n) is 6.49. The van der Waals surface area contributed by atoms with Crippen molar-refractivity contribution in [1.82, 2.24) is 10.2 Å².